The average Bonchev–Trinajstić information content (AvgIpc) is 3.31. The molecule has 1 aliphatic rings. The summed E-state index contributed by atoms with van der Waals surface area (Å²) in [6, 6.07) is 6.88. The van der Waals surface area contributed by atoms with Crippen LogP contribution in [0.1, 0.15) is 40.9 Å². The number of aromatic nitrogens is 1. The second-order valence-corrected chi connectivity index (χ2v) is 7.87. The lowest BCUT2D eigenvalue weighted by molar-refractivity contribution is 0.617. The Morgan fingerprint density at radius 2 is 1.96 bits per heavy atom. The number of halogens is 1. The van der Waals surface area contributed by atoms with E-state index in [1.165, 1.54) is 10.4 Å². The fraction of sp³-hybridized carbons (Fsp3) is 0.474. The van der Waals surface area contributed by atoms with Crippen molar-refractivity contribution in [2.45, 2.75) is 45.6 Å². The van der Waals surface area contributed by atoms with Crippen molar-refractivity contribution in [3.05, 3.63) is 51.2 Å². The van der Waals surface area contributed by atoms with Crippen LogP contribution in [0.4, 0.5) is 4.39 Å². The maximum Gasteiger partial charge on any atom is 0.191 e. The number of thiazole rings is 1. The lowest BCUT2D eigenvalue weighted by atomic mass is 9.96. The van der Waals surface area contributed by atoms with E-state index in [9.17, 15) is 4.39 Å². The summed E-state index contributed by atoms with van der Waals surface area (Å²) >= 11 is 1.70. The number of aryl methyl sites for hydroxylation is 2. The van der Waals surface area contributed by atoms with Gasteiger partial charge in [0.25, 0.3) is 0 Å². The fourth-order valence-electron chi connectivity index (χ4n) is 2.87. The first kappa shape index (κ1) is 17.9. The van der Waals surface area contributed by atoms with E-state index in [1.807, 2.05) is 19.1 Å². The maximum atomic E-state index is 13.2. The highest BCUT2D eigenvalue weighted by atomic mass is 32.1. The Balaban J connectivity index is 1.63. The third kappa shape index (κ3) is 4.37. The van der Waals surface area contributed by atoms with Crippen LogP contribution in [0.2, 0.25) is 0 Å². The fourth-order valence-corrected chi connectivity index (χ4v) is 3.73. The Hall–Kier alpha value is -1.95. The number of benzene rings is 1. The summed E-state index contributed by atoms with van der Waals surface area (Å²) in [5.74, 6) is 0.623. The summed E-state index contributed by atoms with van der Waals surface area (Å²) in [6.07, 6.45) is 2.24. The molecule has 0 amide bonds. The van der Waals surface area contributed by atoms with E-state index >= 15 is 0 Å². The number of nitrogens with one attached hydrogen (secondary N) is 2. The van der Waals surface area contributed by atoms with Gasteiger partial charge >= 0.3 is 0 Å². The van der Waals surface area contributed by atoms with E-state index in [-0.39, 0.29) is 11.2 Å². The van der Waals surface area contributed by atoms with Crippen LogP contribution in [-0.2, 0) is 12.0 Å². The molecule has 1 saturated carbocycles. The minimum absolute atomic E-state index is 0.109. The molecule has 0 saturated heterocycles. The zero-order chi connectivity index (χ0) is 17.9. The summed E-state index contributed by atoms with van der Waals surface area (Å²) in [4.78, 5) is 10.4. The van der Waals surface area contributed by atoms with Gasteiger partial charge < -0.3 is 10.6 Å². The highest BCUT2D eigenvalue weighted by Gasteiger charge is 2.44. The van der Waals surface area contributed by atoms with Gasteiger partial charge in [-0.1, -0.05) is 12.1 Å². The normalized spacial score (nSPS) is 15.9. The molecular formula is C19H25FN4S. The third-order valence-electron chi connectivity index (χ3n) is 4.69. The Kier molecular flexibility index (Phi) is 5.37. The molecule has 2 N–H and O–H groups in total. The molecule has 1 heterocycles. The largest absolute Gasteiger partial charge is 0.357 e. The van der Waals surface area contributed by atoms with Gasteiger partial charge in [0.2, 0.25) is 0 Å². The Morgan fingerprint density at radius 1 is 1.24 bits per heavy atom. The van der Waals surface area contributed by atoms with Gasteiger partial charge in [0.1, 0.15) is 10.8 Å². The number of guanidine groups is 1. The van der Waals surface area contributed by atoms with Crippen LogP contribution in [0.25, 0.3) is 0 Å². The molecule has 0 radical (unpaired) electrons. The van der Waals surface area contributed by atoms with E-state index in [2.05, 4.69) is 34.5 Å². The van der Waals surface area contributed by atoms with Gasteiger partial charge in [-0.2, -0.15) is 0 Å². The SMILES string of the molecule is CCNC(=NCc1nc(C)c(C)s1)NCC1(c2ccc(F)cc2)CC1. The molecule has 0 bridgehead atoms. The van der Waals surface area contributed by atoms with Crippen molar-refractivity contribution in [1.29, 1.82) is 0 Å². The smallest absolute Gasteiger partial charge is 0.191 e. The number of hydrogen-bond acceptors (Lipinski definition) is 3. The lowest BCUT2D eigenvalue weighted by Gasteiger charge is -2.19. The van der Waals surface area contributed by atoms with Crippen molar-refractivity contribution >= 4 is 17.3 Å². The molecule has 1 aromatic heterocycles. The molecule has 134 valence electrons. The number of nitrogens with zero attached hydrogens (tertiary/aromatic N) is 2. The van der Waals surface area contributed by atoms with Gasteiger partial charge in [-0.15, -0.1) is 11.3 Å². The van der Waals surface area contributed by atoms with E-state index in [4.69, 9.17) is 0 Å². The molecule has 3 rings (SSSR count). The molecule has 1 aliphatic carbocycles. The molecular weight excluding hydrogens is 335 g/mol. The van der Waals surface area contributed by atoms with Crippen molar-refractivity contribution in [3.8, 4) is 0 Å². The van der Waals surface area contributed by atoms with Crippen LogP contribution in [0.15, 0.2) is 29.3 Å². The molecule has 0 aliphatic heterocycles. The van der Waals surface area contributed by atoms with Crippen molar-refractivity contribution in [2.24, 2.45) is 4.99 Å². The first-order valence-corrected chi connectivity index (χ1v) is 9.55. The standard InChI is InChI=1S/C19H25FN4S/c1-4-21-18(22-11-17-24-13(2)14(3)25-17)23-12-19(9-10-19)15-5-7-16(20)8-6-15/h5-8H,4,9-12H2,1-3H3,(H2,21,22,23). The number of rotatable bonds is 6. The Labute approximate surface area is 152 Å². The van der Waals surface area contributed by atoms with E-state index < -0.39 is 0 Å². The average molecular weight is 361 g/mol. The second kappa shape index (κ2) is 7.52. The van der Waals surface area contributed by atoms with Crippen molar-refractivity contribution in [1.82, 2.24) is 15.6 Å². The summed E-state index contributed by atoms with van der Waals surface area (Å²) < 4.78 is 13.2. The zero-order valence-electron chi connectivity index (χ0n) is 15.0. The van der Waals surface area contributed by atoms with Crippen molar-refractivity contribution in [2.75, 3.05) is 13.1 Å². The van der Waals surface area contributed by atoms with E-state index in [0.717, 1.165) is 42.6 Å². The minimum Gasteiger partial charge on any atom is -0.357 e. The van der Waals surface area contributed by atoms with Crippen LogP contribution in [-0.4, -0.2) is 24.0 Å². The topological polar surface area (TPSA) is 49.3 Å². The van der Waals surface area contributed by atoms with E-state index in [0.29, 0.717) is 6.54 Å². The summed E-state index contributed by atoms with van der Waals surface area (Å²) in [7, 11) is 0. The Bertz CT molecular complexity index is 728. The van der Waals surface area contributed by atoms with Gasteiger partial charge in [0.15, 0.2) is 5.96 Å². The molecule has 1 aromatic carbocycles. The second-order valence-electron chi connectivity index (χ2n) is 6.59. The van der Waals surface area contributed by atoms with Crippen LogP contribution in [0, 0.1) is 19.7 Å². The molecule has 2 aromatic rings. The van der Waals surface area contributed by atoms with Crippen molar-refractivity contribution in [3.63, 3.8) is 0 Å². The molecule has 0 atom stereocenters. The quantitative estimate of drug-likeness (QED) is 0.610. The van der Waals surface area contributed by atoms with Gasteiger partial charge in [0, 0.05) is 23.4 Å². The molecule has 0 spiro atoms. The first-order chi connectivity index (χ1) is 12.0. The molecule has 4 nitrogen and oxygen atoms in total. The first-order valence-electron chi connectivity index (χ1n) is 8.73. The van der Waals surface area contributed by atoms with Crippen LogP contribution >= 0.6 is 11.3 Å². The summed E-state index contributed by atoms with van der Waals surface area (Å²) in [5.41, 5.74) is 2.39. The van der Waals surface area contributed by atoms with Gasteiger partial charge in [0.05, 0.1) is 12.2 Å². The molecule has 6 heteroatoms. The van der Waals surface area contributed by atoms with Gasteiger partial charge in [-0.25, -0.2) is 14.4 Å². The number of hydrogen-bond donors (Lipinski definition) is 2. The van der Waals surface area contributed by atoms with Crippen LogP contribution in [0.5, 0.6) is 0 Å². The van der Waals surface area contributed by atoms with Crippen LogP contribution in [0.3, 0.4) is 0 Å². The zero-order valence-corrected chi connectivity index (χ0v) is 15.8. The predicted octanol–water partition coefficient (Wildman–Crippen LogP) is 3.69. The predicted molar refractivity (Wildman–Crippen MR) is 102 cm³/mol. The van der Waals surface area contributed by atoms with Gasteiger partial charge in [-0.05, 0) is 51.3 Å². The monoisotopic (exact) mass is 360 g/mol. The molecule has 0 unspecified atom stereocenters. The Morgan fingerprint density at radius 3 is 2.52 bits per heavy atom. The minimum atomic E-state index is -0.184. The highest BCUT2D eigenvalue weighted by molar-refractivity contribution is 7.11. The summed E-state index contributed by atoms with van der Waals surface area (Å²) in [5, 5.41) is 7.78. The highest BCUT2D eigenvalue weighted by Crippen LogP contribution is 2.47. The van der Waals surface area contributed by atoms with Gasteiger partial charge in [-0.3, -0.25) is 0 Å². The third-order valence-corrected chi connectivity index (χ3v) is 5.75. The molecule has 1 fully saturated rings. The maximum absolute atomic E-state index is 13.2. The number of aliphatic imine (C=N–C) groups is 1. The van der Waals surface area contributed by atoms with Crippen molar-refractivity contribution < 1.29 is 4.39 Å². The lowest BCUT2D eigenvalue weighted by Crippen LogP contribution is -2.41. The van der Waals surface area contributed by atoms with E-state index in [1.54, 1.807) is 23.5 Å². The molecule has 25 heavy (non-hydrogen) atoms. The summed E-state index contributed by atoms with van der Waals surface area (Å²) in [6.45, 7) is 8.37. The van der Waals surface area contributed by atoms with Crippen LogP contribution < -0.4 is 10.6 Å².